The molecule has 0 amide bonds. The molecule has 0 aromatic heterocycles. The zero-order chi connectivity index (χ0) is 15.6. The Morgan fingerprint density at radius 3 is 2.76 bits per heavy atom. The first-order valence-electron chi connectivity index (χ1n) is 6.90. The SMILES string of the molecule is CCN(c1cc(Cl)cc(C(=O)OC)c1C)[C@H]1COC[C@@H]1O. The Bertz CT molecular complexity index is 535. The van der Waals surface area contributed by atoms with Crippen molar-refractivity contribution in [1.82, 2.24) is 0 Å². The summed E-state index contributed by atoms with van der Waals surface area (Å²) in [6.45, 7) is 5.29. The van der Waals surface area contributed by atoms with E-state index >= 15 is 0 Å². The van der Waals surface area contributed by atoms with Crippen LogP contribution in [0.1, 0.15) is 22.8 Å². The molecular formula is C15H20ClNO4. The lowest BCUT2D eigenvalue weighted by atomic mass is 10.0. The highest BCUT2D eigenvalue weighted by Gasteiger charge is 2.32. The van der Waals surface area contributed by atoms with Gasteiger partial charge in [0.15, 0.2) is 0 Å². The average molecular weight is 314 g/mol. The second kappa shape index (κ2) is 6.64. The predicted octanol–water partition coefficient (Wildman–Crippen LogP) is 2.02. The van der Waals surface area contributed by atoms with Crippen LogP contribution >= 0.6 is 11.6 Å². The topological polar surface area (TPSA) is 59.0 Å². The summed E-state index contributed by atoms with van der Waals surface area (Å²) in [6, 6.07) is 3.26. The summed E-state index contributed by atoms with van der Waals surface area (Å²) in [5.74, 6) is -0.421. The van der Waals surface area contributed by atoms with Crippen LogP contribution in [0, 0.1) is 6.92 Å². The van der Waals surface area contributed by atoms with Crippen LogP contribution < -0.4 is 4.90 Å². The van der Waals surface area contributed by atoms with E-state index in [1.165, 1.54) is 7.11 Å². The highest BCUT2D eigenvalue weighted by Crippen LogP contribution is 2.31. The van der Waals surface area contributed by atoms with Crippen molar-refractivity contribution >= 4 is 23.3 Å². The van der Waals surface area contributed by atoms with Crippen molar-refractivity contribution in [3.63, 3.8) is 0 Å². The molecule has 0 saturated carbocycles. The molecule has 1 heterocycles. The monoisotopic (exact) mass is 313 g/mol. The molecule has 0 unspecified atom stereocenters. The largest absolute Gasteiger partial charge is 0.465 e. The predicted molar refractivity (Wildman–Crippen MR) is 81.2 cm³/mol. The third-order valence-electron chi connectivity index (χ3n) is 3.82. The Kier molecular flexibility index (Phi) is 5.08. The summed E-state index contributed by atoms with van der Waals surface area (Å²) >= 11 is 6.14. The van der Waals surface area contributed by atoms with Crippen LogP contribution in [0.3, 0.4) is 0 Å². The van der Waals surface area contributed by atoms with Gasteiger partial charge in [0.25, 0.3) is 0 Å². The normalized spacial score (nSPS) is 21.4. The summed E-state index contributed by atoms with van der Waals surface area (Å²) in [5.41, 5.74) is 2.04. The van der Waals surface area contributed by atoms with Crippen molar-refractivity contribution in [3.8, 4) is 0 Å². The molecule has 1 aliphatic heterocycles. The number of likely N-dealkylation sites (N-methyl/N-ethyl adjacent to an activating group) is 1. The van der Waals surface area contributed by atoms with Crippen molar-refractivity contribution in [2.75, 3.05) is 31.8 Å². The van der Waals surface area contributed by atoms with Gasteiger partial charge in [-0.15, -0.1) is 0 Å². The van der Waals surface area contributed by atoms with Gasteiger partial charge in [0.05, 0.1) is 38.0 Å². The Labute approximate surface area is 129 Å². The highest BCUT2D eigenvalue weighted by molar-refractivity contribution is 6.31. The zero-order valence-electron chi connectivity index (χ0n) is 12.4. The lowest BCUT2D eigenvalue weighted by Crippen LogP contribution is -2.43. The number of carbonyl (C=O) groups excluding carboxylic acids is 1. The number of aliphatic hydroxyl groups excluding tert-OH is 1. The van der Waals surface area contributed by atoms with Crippen LogP contribution in [0.15, 0.2) is 12.1 Å². The number of carbonyl (C=O) groups is 1. The summed E-state index contributed by atoms with van der Waals surface area (Å²) < 4.78 is 10.1. The van der Waals surface area contributed by atoms with Gasteiger partial charge >= 0.3 is 5.97 Å². The highest BCUT2D eigenvalue weighted by atomic mass is 35.5. The molecule has 2 atom stereocenters. The van der Waals surface area contributed by atoms with Gasteiger partial charge in [0.1, 0.15) is 0 Å². The van der Waals surface area contributed by atoms with Crippen molar-refractivity contribution in [2.24, 2.45) is 0 Å². The van der Waals surface area contributed by atoms with Crippen LogP contribution in [0.2, 0.25) is 5.02 Å². The number of nitrogens with zero attached hydrogens (tertiary/aromatic N) is 1. The van der Waals surface area contributed by atoms with E-state index in [9.17, 15) is 9.90 Å². The molecule has 5 nitrogen and oxygen atoms in total. The fourth-order valence-electron chi connectivity index (χ4n) is 2.70. The van der Waals surface area contributed by atoms with Crippen LogP contribution in [0.25, 0.3) is 0 Å². The first-order chi connectivity index (χ1) is 9.99. The number of rotatable bonds is 4. The van der Waals surface area contributed by atoms with Gasteiger partial charge < -0.3 is 19.5 Å². The molecule has 116 valence electrons. The smallest absolute Gasteiger partial charge is 0.338 e. The van der Waals surface area contributed by atoms with Gasteiger partial charge in [0, 0.05) is 17.3 Å². The number of anilines is 1. The van der Waals surface area contributed by atoms with Gasteiger partial charge in [-0.3, -0.25) is 0 Å². The summed E-state index contributed by atoms with van der Waals surface area (Å²) in [7, 11) is 1.34. The molecule has 1 aromatic rings. The van der Waals surface area contributed by atoms with Crippen LogP contribution in [0.5, 0.6) is 0 Å². The van der Waals surface area contributed by atoms with E-state index < -0.39 is 12.1 Å². The lowest BCUT2D eigenvalue weighted by molar-refractivity contribution is 0.0600. The number of esters is 1. The third-order valence-corrected chi connectivity index (χ3v) is 4.04. The summed E-state index contributed by atoms with van der Waals surface area (Å²) in [6.07, 6.45) is -0.551. The van der Waals surface area contributed by atoms with Crippen LogP contribution in [-0.2, 0) is 9.47 Å². The molecule has 0 bridgehead atoms. The standard InChI is InChI=1S/C15H20ClNO4/c1-4-17(13-7-21-8-14(13)18)12-6-10(16)5-11(9(12)2)15(19)20-3/h5-6,13-14,18H,4,7-8H2,1-3H3/t13-,14-/m0/s1. The van der Waals surface area contributed by atoms with Crippen molar-refractivity contribution in [1.29, 1.82) is 0 Å². The molecular weight excluding hydrogens is 294 g/mol. The molecule has 1 N–H and O–H groups in total. The van der Waals surface area contributed by atoms with Crippen LogP contribution in [-0.4, -0.2) is 50.1 Å². The van der Waals surface area contributed by atoms with Gasteiger partial charge in [-0.2, -0.15) is 0 Å². The molecule has 1 fully saturated rings. The fraction of sp³-hybridized carbons (Fsp3) is 0.533. The van der Waals surface area contributed by atoms with E-state index in [1.54, 1.807) is 12.1 Å². The second-order valence-corrected chi connectivity index (χ2v) is 5.48. The third kappa shape index (κ3) is 3.15. The van der Waals surface area contributed by atoms with Gasteiger partial charge in [-0.1, -0.05) is 11.6 Å². The van der Waals surface area contributed by atoms with E-state index in [0.717, 1.165) is 11.3 Å². The van der Waals surface area contributed by atoms with Gasteiger partial charge in [0.2, 0.25) is 0 Å². The van der Waals surface area contributed by atoms with Gasteiger partial charge in [-0.25, -0.2) is 4.79 Å². The maximum atomic E-state index is 11.9. The van der Waals surface area contributed by atoms with Gasteiger partial charge in [-0.05, 0) is 31.5 Å². The Morgan fingerprint density at radius 2 is 2.24 bits per heavy atom. The molecule has 6 heteroatoms. The Morgan fingerprint density at radius 1 is 1.52 bits per heavy atom. The molecule has 0 spiro atoms. The Balaban J connectivity index is 2.46. The second-order valence-electron chi connectivity index (χ2n) is 5.05. The van der Waals surface area contributed by atoms with Crippen molar-refractivity contribution in [3.05, 3.63) is 28.3 Å². The molecule has 1 saturated heterocycles. The number of ether oxygens (including phenoxy) is 2. The molecule has 2 rings (SSSR count). The number of benzene rings is 1. The molecule has 1 aromatic carbocycles. The van der Waals surface area contributed by atoms with Crippen molar-refractivity contribution in [2.45, 2.75) is 26.0 Å². The lowest BCUT2D eigenvalue weighted by Gasteiger charge is -2.32. The van der Waals surface area contributed by atoms with E-state index in [-0.39, 0.29) is 6.04 Å². The number of halogens is 1. The number of methoxy groups -OCH3 is 1. The molecule has 0 aliphatic carbocycles. The fourth-order valence-corrected chi connectivity index (χ4v) is 2.91. The number of aliphatic hydroxyl groups is 1. The summed E-state index contributed by atoms with van der Waals surface area (Å²) in [5, 5.41) is 10.5. The first-order valence-corrected chi connectivity index (χ1v) is 7.28. The van der Waals surface area contributed by atoms with E-state index in [4.69, 9.17) is 21.1 Å². The number of hydrogen-bond acceptors (Lipinski definition) is 5. The molecule has 21 heavy (non-hydrogen) atoms. The van der Waals surface area contributed by atoms with E-state index in [1.807, 2.05) is 18.7 Å². The van der Waals surface area contributed by atoms with E-state index in [0.29, 0.717) is 30.3 Å². The zero-order valence-corrected chi connectivity index (χ0v) is 13.2. The number of hydrogen-bond donors (Lipinski definition) is 1. The Hall–Kier alpha value is -1.30. The molecule has 1 aliphatic rings. The van der Waals surface area contributed by atoms with E-state index in [2.05, 4.69) is 0 Å². The van der Waals surface area contributed by atoms with Crippen molar-refractivity contribution < 1.29 is 19.4 Å². The minimum atomic E-state index is -0.551. The quantitative estimate of drug-likeness (QED) is 0.862. The maximum absolute atomic E-state index is 11.9. The van der Waals surface area contributed by atoms with Crippen LogP contribution in [0.4, 0.5) is 5.69 Å². The molecule has 0 radical (unpaired) electrons. The first kappa shape index (κ1) is 16.1. The summed E-state index contributed by atoms with van der Waals surface area (Å²) in [4.78, 5) is 13.9. The average Bonchev–Trinajstić information content (AvgIpc) is 2.88. The minimum absolute atomic E-state index is 0.141. The maximum Gasteiger partial charge on any atom is 0.338 e. The minimum Gasteiger partial charge on any atom is -0.465 e.